The molecule has 4 N–H and O–H groups in total. The Hall–Kier alpha value is -1.53. The third-order valence-corrected chi connectivity index (χ3v) is 1.98. The summed E-state index contributed by atoms with van der Waals surface area (Å²) in [4.78, 5) is 10.5. The molecule has 0 fully saturated rings. The van der Waals surface area contributed by atoms with Crippen LogP contribution in [-0.4, -0.2) is 23.7 Å². The zero-order valence-electron chi connectivity index (χ0n) is 8.41. The third-order valence-electron chi connectivity index (χ3n) is 1.98. The van der Waals surface area contributed by atoms with Gasteiger partial charge in [-0.25, -0.2) is 8.78 Å². The van der Waals surface area contributed by atoms with Crippen LogP contribution < -0.4 is 11.1 Å². The minimum absolute atomic E-state index is 0.0334. The van der Waals surface area contributed by atoms with Crippen LogP contribution in [0.15, 0.2) is 18.2 Å². The van der Waals surface area contributed by atoms with E-state index in [0.29, 0.717) is 5.56 Å². The van der Waals surface area contributed by atoms with Gasteiger partial charge in [-0.3, -0.25) is 4.79 Å². The summed E-state index contributed by atoms with van der Waals surface area (Å²) >= 11 is 0. The molecule has 0 aliphatic rings. The van der Waals surface area contributed by atoms with Gasteiger partial charge in [-0.05, 0) is 17.7 Å². The van der Waals surface area contributed by atoms with Crippen molar-refractivity contribution in [3.05, 3.63) is 35.4 Å². The van der Waals surface area contributed by atoms with Gasteiger partial charge in [0.25, 0.3) is 0 Å². The minimum Gasteiger partial charge on any atom is -0.382 e. The number of nitrogens with one attached hydrogen (secondary N) is 1. The molecule has 16 heavy (non-hydrogen) atoms. The zero-order chi connectivity index (χ0) is 12.1. The van der Waals surface area contributed by atoms with Gasteiger partial charge in [0.15, 0.2) is 11.6 Å². The third kappa shape index (κ3) is 3.56. The van der Waals surface area contributed by atoms with Gasteiger partial charge in [0.1, 0.15) is 6.10 Å². The average Bonchev–Trinajstić information content (AvgIpc) is 2.23. The van der Waals surface area contributed by atoms with E-state index in [1.165, 1.54) is 6.07 Å². The number of hydrogen-bond donors (Lipinski definition) is 3. The van der Waals surface area contributed by atoms with Crippen molar-refractivity contribution < 1.29 is 18.7 Å². The number of carbonyl (C=O) groups excluding carboxylic acids is 1. The SMILES string of the molecule is NC(=O)C(O)CNCc1ccc(F)c(F)c1. The number of benzene rings is 1. The normalized spacial score (nSPS) is 12.4. The molecular formula is C10H12F2N2O2. The van der Waals surface area contributed by atoms with Gasteiger partial charge in [0.2, 0.25) is 5.91 Å². The summed E-state index contributed by atoms with van der Waals surface area (Å²) in [5.41, 5.74) is 5.33. The second kappa shape index (κ2) is 5.53. The highest BCUT2D eigenvalue weighted by Gasteiger charge is 2.09. The number of rotatable bonds is 5. The quantitative estimate of drug-likeness (QED) is 0.661. The number of aliphatic hydroxyl groups is 1. The molecular weight excluding hydrogens is 218 g/mol. The van der Waals surface area contributed by atoms with E-state index in [9.17, 15) is 13.6 Å². The lowest BCUT2D eigenvalue weighted by molar-refractivity contribution is -0.125. The van der Waals surface area contributed by atoms with Crippen molar-refractivity contribution in [3.63, 3.8) is 0 Å². The van der Waals surface area contributed by atoms with E-state index in [2.05, 4.69) is 5.32 Å². The molecule has 0 saturated carbocycles. The smallest absolute Gasteiger partial charge is 0.247 e. The first-order chi connectivity index (χ1) is 7.50. The summed E-state index contributed by atoms with van der Waals surface area (Å²) in [6.45, 7) is 0.176. The molecule has 0 aliphatic carbocycles. The monoisotopic (exact) mass is 230 g/mol. The molecule has 6 heteroatoms. The second-order valence-electron chi connectivity index (χ2n) is 3.30. The van der Waals surface area contributed by atoms with Crippen molar-refractivity contribution in [1.29, 1.82) is 0 Å². The van der Waals surface area contributed by atoms with Crippen LogP contribution in [0, 0.1) is 11.6 Å². The van der Waals surface area contributed by atoms with Gasteiger partial charge >= 0.3 is 0 Å². The molecule has 1 aromatic rings. The molecule has 0 bridgehead atoms. The molecule has 88 valence electrons. The van der Waals surface area contributed by atoms with Gasteiger partial charge in [-0.15, -0.1) is 0 Å². The first-order valence-electron chi connectivity index (χ1n) is 4.62. The molecule has 1 atom stereocenters. The summed E-state index contributed by atoms with van der Waals surface area (Å²) in [5, 5.41) is 11.7. The summed E-state index contributed by atoms with van der Waals surface area (Å²) in [5.74, 6) is -2.69. The number of carbonyl (C=O) groups is 1. The Bertz CT molecular complexity index is 385. The Balaban J connectivity index is 2.43. The largest absolute Gasteiger partial charge is 0.382 e. The molecule has 0 radical (unpaired) electrons. The lowest BCUT2D eigenvalue weighted by Gasteiger charge is -2.08. The van der Waals surface area contributed by atoms with Crippen molar-refractivity contribution in [3.8, 4) is 0 Å². The minimum atomic E-state index is -1.29. The number of nitrogens with two attached hydrogens (primary N) is 1. The number of halogens is 2. The molecule has 0 aromatic heterocycles. The highest BCUT2D eigenvalue weighted by Crippen LogP contribution is 2.08. The van der Waals surface area contributed by atoms with Crippen molar-refractivity contribution >= 4 is 5.91 Å². The standard InChI is InChI=1S/C10H12F2N2O2/c11-7-2-1-6(3-8(7)12)4-14-5-9(15)10(13)16/h1-3,9,14-15H,4-5H2,(H2,13,16). The van der Waals surface area contributed by atoms with Crippen LogP contribution in [-0.2, 0) is 11.3 Å². The Kier molecular flexibility index (Phi) is 4.33. The van der Waals surface area contributed by atoms with Crippen LogP contribution in [0.4, 0.5) is 8.78 Å². The topological polar surface area (TPSA) is 75.4 Å². The lowest BCUT2D eigenvalue weighted by atomic mass is 10.2. The number of primary amides is 1. The fraction of sp³-hybridized carbons (Fsp3) is 0.300. The summed E-state index contributed by atoms with van der Waals surface area (Å²) < 4.78 is 25.3. The number of hydrogen-bond acceptors (Lipinski definition) is 3. The lowest BCUT2D eigenvalue weighted by Crippen LogP contribution is -2.37. The molecule has 0 aliphatic heterocycles. The van der Waals surface area contributed by atoms with Crippen molar-refractivity contribution in [2.45, 2.75) is 12.6 Å². The van der Waals surface area contributed by atoms with Gasteiger partial charge in [0.05, 0.1) is 0 Å². The second-order valence-corrected chi connectivity index (χ2v) is 3.30. The van der Waals surface area contributed by atoms with Gasteiger partial charge in [-0.1, -0.05) is 6.07 Å². The molecule has 1 unspecified atom stereocenters. The number of aliphatic hydroxyl groups excluding tert-OH is 1. The Morgan fingerprint density at radius 3 is 2.69 bits per heavy atom. The van der Waals surface area contributed by atoms with Crippen LogP contribution >= 0.6 is 0 Å². The van der Waals surface area contributed by atoms with E-state index in [4.69, 9.17) is 10.8 Å². The van der Waals surface area contributed by atoms with Crippen LogP contribution in [0.25, 0.3) is 0 Å². The van der Waals surface area contributed by atoms with E-state index in [-0.39, 0.29) is 13.1 Å². The molecule has 4 nitrogen and oxygen atoms in total. The Morgan fingerprint density at radius 2 is 2.12 bits per heavy atom. The average molecular weight is 230 g/mol. The van der Waals surface area contributed by atoms with Crippen molar-refractivity contribution in [2.24, 2.45) is 5.73 Å². The Labute approximate surface area is 91.1 Å². The summed E-state index contributed by atoms with van der Waals surface area (Å²) in [6, 6.07) is 3.46. The van der Waals surface area contributed by atoms with Crippen LogP contribution in [0.3, 0.4) is 0 Å². The molecule has 1 rings (SSSR count). The maximum absolute atomic E-state index is 12.8. The predicted molar refractivity (Wildman–Crippen MR) is 53.3 cm³/mol. The van der Waals surface area contributed by atoms with E-state index in [1.54, 1.807) is 0 Å². The first-order valence-corrected chi connectivity index (χ1v) is 4.62. The predicted octanol–water partition coefficient (Wildman–Crippen LogP) is -0.0994. The fourth-order valence-corrected chi connectivity index (χ4v) is 1.10. The maximum atomic E-state index is 12.8. The molecule has 0 heterocycles. The molecule has 1 amide bonds. The van der Waals surface area contributed by atoms with Crippen LogP contribution in [0.1, 0.15) is 5.56 Å². The van der Waals surface area contributed by atoms with Gasteiger partial charge < -0.3 is 16.2 Å². The first kappa shape index (κ1) is 12.5. The van der Waals surface area contributed by atoms with Crippen molar-refractivity contribution in [1.82, 2.24) is 5.32 Å². The molecule has 1 aromatic carbocycles. The summed E-state index contributed by atoms with van der Waals surface area (Å²) in [7, 11) is 0. The molecule has 0 spiro atoms. The van der Waals surface area contributed by atoms with E-state index < -0.39 is 23.6 Å². The van der Waals surface area contributed by atoms with Crippen LogP contribution in [0.5, 0.6) is 0 Å². The van der Waals surface area contributed by atoms with Gasteiger partial charge in [0, 0.05) is 13.1 Å². The fourth-order valence-electron chi connectivity index (χ4n) is 1.10. The number of amides is 1. The van der Waals surface area contributed by atoms with E-state index in [1.807, 2.05) is 0 Å². The Morgan fingerprint density at radius 1 is 1.44 bits per heavy atom. The van der Waals surface area contributed by atoms with Crippen molar-refractivity contribution in [2.75, 3.05) is 6.54 Å². The molecule has 0 saturated heterocycles. The maximum Gasteiger partial charge on any atom is 0.247 e. The highest BCUT2D eigenvalue weighted by molar-refractivity contribution is 5.78. The zero-order valence-corrected chi connectivity index (χ0v) is 8.41. The highest BCUT2D eigenvalue weighted by atomic mass is 19.2. The summed E-state index contributed by atoms with van der Waals surface area (Å²) in [6.07, 6.45) is -1.29. The van der Waals surface area contributed by atoms with E-state index >= 15 is 0 Å². The van der Waals surface area contributed by atoms with E-state index in [0.717, 1.165) is 12.1 Å². The van der Waals surface area contributed by atoms with Crippen LogP contribution in [0.2, 0.25) is 0 Å². The van der Waals surface area contributed by atoms with Gasteiger partial charge in [-0.2, -0.15) is 0 Å².